The molecular formula is C42H42N8O2. The first-order valence-corrected chi connectivity index (χ1v) is 18.0. The summed E-state index contributed by atoms with van der Waals surface area (Å²) in [7, 11) is 0. The molecule has 1 fully saturated rings. The molecule has 6 aromatic rings. The molecule has 1 saturated heterocycles. The lowest BCUT2D eigenvalue weighted by Crippen LogP contribution is -2.39. The van der Waals surface area contributed by atoms with E-state index in [9.17, 15) is 9.59 Å². The SMILES string of the molecule is CCCCc1ncc(/C=C2\C(=O)NC(=O)N2CCCC)n1Cc1ccc(-c2nnn(C(c3ccccc3)(c3ccccc3)c3ccccc3)n2)cc1. The molecule has 52 heavy (non-hydrogen) atoms. The van der Waals surface area contributed by atoms with Crippen molar-refractivity contribution in [3.05, 3.63) is 161 Å². The van der Waals surface area contributed by atoms with Gasteiger partial charge in [0.25, 0.3) is 5.91 Å². The van der Waals surface area contributed by atoms with Crippen LogP contribution in [0.3, 0.4) is 0 Å². The van der Waals surface area contributed by atoms with Crippen molar-refractivity contribution in [2.75, 3.05) is 6.54 Å². The van der Waals surface area contributed by atoms with Crippen LogP contribution in [-0.4, -0.2) is 53.1 Å². The molecule has 0 bridgehead atoms. The normalized spacial score (nSPS) is 14.0. The van der Waals surface area contributed by atoms with Gasteiger partial charge in [-0.25, -0.2) is 9.78 Å². The number of rotatable bonds is 14. The number of carbonyl (C=O) groups excluding carboxylic acids is 2. The zero-order valence-electron chi connectivity index (χ0n) is 29.5. The highest BCUT2D eigenvalue weighted by Gasteiger charge is 2.41. The molecule has 7 rings (SSSR count). The molecule has 3 amide bonds. The van der Waals surface area contributed by atoms with Gasteiger partial charge in [-0.1, -0.05) is 142 Å². The molecule has 0 unspecified atom stereocenters. The van der Waals surface area contributed by atoms with Gasteiger partial charge in [0, 0.05) is 25.1 Å². The Labute approximate surface area is 303 Å². The maximum Gasteiger partial charge on any atom is 0.329 e. The molecule has 0 saturated carbocycles. The highest BCUT2D eigenvalue weighted by atomic mass is 16.2. The van der Waals surface area contributed by atoms with Gasteiger partial charge in [0.1, 0.15) is 11.5 Å². The lowest BCUT2D eigenvalue weighted by Gasteiger charge is -2.34. The quantitative estimate of drug-likeness (QED) is 0.0722. The largest absolute Gasteiger partial charge is 0.329 e. The fourth-order valence-corrected chi connectivity index (χ4v) is 6.84. The predicted molar refractivity (Wildman–Crippen MR) is 201 cm³/mol. The summed E-state index contributed by atoms with van der Waals surface area (Å²) in [6.07, 6.45) is 8.13. The summed E-state index contributed by atoms with van der Waals surface area (Å²) in [6, 6.07) is 38.6. The van der Waals surface area contributed by atoms with Gasteiger partial charge < -0.3 is 4.57 Å². The number of aromatic nitrogens is 6. The Hall–Kier alpha value is -6.16. The van der Waals surface area contributed by atoms with Crippen molar-refractivity contribution < 1.29 is 9.59 Å². The third-order valence-electron chi connectivity index (χ3n) is 9.57. The van der Waals surface area contributed by atoms with Crippen molar-refractivity contribution in [3.63, 3.8) is 0 Å². The number of nitrogens with zero attached hydrogens (tertiary/aromatic N) is 7. The van der Waals surface area contributed by atoms with Gasteiger partial charge in [-0.2, -0.15) is 0 Å². The second-order valence-corrected chi connectivity index (χ2v) is 13.0. The summed E-state index contributed by atoms with van der Waals surface area (Å²) >= 11 is 0. The van der Waals surface area contributed by atoms with E-state index in [1.165, 1.54) is 4.90 Å². The summed E-state index contributed by atoms with van der Waals surface area (Å²) in [5.74, 6) is 1.07. The molecule has 1 aliphatic heterocycles. The first-order chi connectivity index (χ1) is 25.5. The van der Waals surface area contributed by atoms with Gasteiger partial charge in [0.2, 0.25) is 5.82 Å². The van der Waals surface area contributed by atoms with E-state index in [0.717, 1.165) is 71.4 Å². The first-order valence-electron chi connectivity index (χ1n) is 18.0. The number of unbranched alkanes of at least 4 members (excludes halogenated alkanes) is 2. The van der Waals surface area contributed by atoms with Crippen molar-refractivity contribution in [2.24, 2.45) is 0 Å². The van der Waals surface area contributed by atoms with Crippen LogP contribution in [0.1, 0.15) is 73.3 Å². The van der Waals surface area contributed by atoms with Crippen LogP contribution < -0.4 is 5.32 Å². The number of benzene rings is 4. The minimum atomic E-state index is -0.858. The van der Waals surface area contributed by atoms with Crippen molar-refractivity contribution in [1.82, 2.24) is 40.0 Å². The number of aryl methyl sites for hydroxylation is 1. The van der Waals surface area contributed by atoms with Gasteiger partial charge in [-0.05, 0) is 46.4 Å². The highest BCUT2D eigenvalue weighted by molar-refractivity contribution is 6.13. The molecule has 0 radical (unpaired) electrons. The van der Waals surface area contributed by atoms with E-state index in [0.29, 0.717) is 24.6 Å². The molecule has 4 aromatic carbocycles. The summed E-state index contributed by atoms with van der Waals surface area (Å²) in [5, 5.41) is 16.8. The Morgan fingerprint density at radius 1 is 0.750 bits per heavy atom. The number of amides is 3. The van der Waals surface area contributed by atoms with Crippen molar-refractivity contribution in [3.8, 4) is 11.4 Å². The van der Waals surface area contributed by atoms with Crippen LogP contribution in [0.15, 0.2) is 127 Å². The Balaban J connectivity index is 1.22. The van der Waals surface area contributed by atoms with Crippen LogP contribution in [0.5, 0.6) is 0 Å². The minimum absolute atomic E-state index is 0.351. The van der Waals surface area contributed by atoms with Crippen LogP contribution in [0.2, 0.25) is 0 Å². The van der Waals surface area contributed by atoms with Crippen LogP contribution >= 0.6 is 0 Å². The third kappa shape index (κ3) is 6.67. The summed E-state index contributed by atoms with van der Waals surface area (Å²) < 4.78 is 2.13. The maximum absolute atomic E-state index is 12.8. The van der Waals surface area contributed by atoms with Crippen LogP contribution in [0.25, 0.3) is 17.5 Å². The van der Waals surface area contributed by atoms with Crippen LogP contribution in [-0.2, 0) is 23.3 Å². The zero-order valence-corrected chi connectivity index (χ0v) is 29.5. The van der Waals surface area contributed by atoms with E-state index >= 15 is 0 Å². The standard InChI is InChI=1S/C42H42N8O2/c1-3-5-22-38-43-29-36(28-37-40(51)44-41(52)48(37)27-6-4-2)49(38)30-31-23-25-32(26-24-31)39-45-47-50(46-39)42(33-16-10-7-11-17-33,34-18-12-8-13-19-34)35-20-14-9-15-21-35/h7-21,23-26,28-29H,3-6,22,27,30H2,1-2H3,(H,44,51,52)/b37-28+. The summed E-state index contributed by atoms with van der Waals surface area (Å²) in [4.78, 5) is 33.4. The zero-order chi connectivity index (χ0) is 35.9. The fraction of sp³-hybridized carbons (Fsp3) is 0.238. The molecular weight excluding hydrogens is 649 g/mol. The molecule has 3 heterocycles. The number of hydrogen-bond acceptors (Lipinski definition) is 6. The number of urea groups is 1. The molecule has 1 aliphatic rings. The van der Waals surface area contributed by atoms with Crippen molar-refractivity contribution >= 4 is 18.0 Å². The van der Waals surface area contributed by atoms with Crippen LogP contribution in [0, 0.1) is 0 Å². The van der Waals surface area contributed by atoms with Crippen molar-refractivity contribution in [2.45, 2.75) is 58.0 Å². The second kappa shape index (κ2) is 15.4. The topological polar surface area (TPSA) is 111 Å². The molecule has 2 aromatic heterocycles. The van der Waals surface area contributed by atoms with Gasteiger partial charge in [0.05, 0.1) is 11.9 Å². The number of imidazole rings is 1. The smallest absolute Gasteiger partial charge is 0.324 e. The van der Waals surface area contributed by atoms with E-state index in [1.54, 1.807) is 17.1 Å². The number of tetrazole rings is 1. The van der Waals surface area contributed by atoms with Gasteiger partial charge >= 0.3 is 6.03 Å². The van der Waals surface area contributed by atoms with Gasteiger partial charge in [0.15, 0.2) is 5.54 Å². The van der Waals surface area contributed by atoms with Crippen molar-refractivity contribution in [1.29, 1.82) is 0 Å². The lowest BCUT2D eigenvalue weighted by atomic mass is 9.77. The number of hydrogen-bond donors (Lipinski definition) is 1. The van der Waals surface area contributed by atoms with Gasteiger partial charge in [-0.3, -0.25) is 15.0 Å². The van der Waals surface area contributed by atoms with Crippen LogP contribution in [0.4, 0.5) is 4.79 Å². The Morgan fingerprint density at radius 2 is 1.35 bits per heavy atom. The van der Waals surface area contributed by atoms with E-state index in [-0.39, 0.29) is 11.9 Å². The fourth-order valence-electron chi connectivity index (χ4n) is 6.84. The highest BCUT2D eigenvalue weighted by Crippen LogP contribution is 2.40. The lowest BCUT2D eigenvalue weighted by molar-refractivity contribution is -0.116. The molecule has 0 spiro atoms. The number of nitrogens with one attached hydrogen (secondary N) is 1. The van der Waals surface area contributed by atoms with E-state index < -0.39 is 5.54 Å². The van der Waals surface area contributed by atoms with E-state index in [2.05, 4.69) is 77.4 Å². The molecule has 10 nitrogen and oxygen atoms in total. The Bertz CT molecular complexity index is 2060. The first kappa shape index (κ1) is 34.3. The molecule has 262 valence electrons. The Kier molecular flexibility index (Phi) is 10.1. The average molecular weight is 691 g/mol. The second-order valence-electron chi connectivity index (χ2n) is 13.0. The van der Waals surface area contributed by atoms with E-state index in [1.807, 2.05) is 66.7 Å². The van der Waals surface area contributed by atoms with E-state index in [4.69, 9.17) is 15.3 Å². The average Bonchev–Trinajstić information content (AvgIpc) is 3.89. The number of imide groups is 1. The molecule has 1 N–H and O–H groups in total. The number of carbonyl (C=O) groups is 2. The summed E-state index contributed by atoms with van der Waals surface area (Å²) in [6.45, 7) is 5.25. The maximum atomic E-state index is 12.8. The molecule has 0 atom stereocenters. The predicted octanol–water partition coefficient (Wildman–Crippen LogP) is 7.46. The molecule has 10 heteroatoms. The summed E-state index contributed by atoms with van der Waals surface area (Å²) in [5.41, 5.74) is 5.21. The monoisotopic (exact) mass is 690 g/mol. The Morgan fingerprint density at radius 3 is 1.92 bits per heavy atom. The van der Waals surface area contributed by atoms with Gasteiger partial charge in [-0.15, -0.1) is 15.0 Å². The molecule has 0 aliphatic carbocycles. The minimum Gasteiger partial charge on any atom is -0.324 e. The third-order valence-corrected chi connectivity index (χ3v) is 9.57.